The number of amides is 1. The van der Waals surface area contributed by atoms with Gasteiger partial charge in [0.1, 0.15) is 5.82 Å². The number of rotatable bonds is 4. The molecular weight excluding hydrogens is 327 g/mol. The minimum atomic E-state index is -0.214. The van der Waals surface area contributed by atoms with Crippen molar-refractivity contribution in [1.82, 2.24) is 9.88 Å². The Kier molecular flexibility index (Phi) is 5.00. The van der Waals surface area contributed by atoms with E-state index < -0.39 is 0 Å². The lowest BCUT2D eigenvalue weighted by Crippen LogP contribution is -2.44. The van der Waals surface area contributed by atoms with Crippen molar-refractivity contribution in [2.24, 2.45) is 5.92 Å². The van der Waals surface area contributed by atoms with Crippen LogP contribution in [-0.2, 0) is 11.2 Å². The summed E-state index contributed by atoms with van der Waals surface area (Å²) in [6.07, 6.45) is 6.15. The van der Waals surface area contributed by atoms with E-state index in [9.17, 15) is 9.18 Å². The van der Waals surface area contributed by atoms with E-state index >= 15 is 0 Å². The average molecular weight is 352 g/mol. The predicted octanol–water partition coefficient (Wildman–Crippen LogP) is 4.32. The normalized spacial score (nSPS) is 20.7. The molecule has 2 aliphatic rings. The van der Waals surface area contributed by atoms with Crippen molar-refractivity contribution in [3.63, 3.8) is 0 Å². The molecule has 26 heavy (non-hydrogen) atoms. The van der Waals surface area contributed by atoms with Crippen LogP contribution < -0.4 is 0 Å². The number of piperidine rings is 1. The first-order chi connectivity index (χ1) is 12.7. The minimum absolute atomic E-state index is 0.214. The molecule has 0 N–H and O–H groups in total. The topological polar surface area (TPSA) is 33.2 Å². The summed E-state index contributed by atoms with van der Waals surface area (Å²) >= 11 is 0. The van der Waals surface area contributed by atoms with Crippen molar-refractivity contribution >= 4 is 5.91 Å². The molecule has 0 bridgehead atoms. The van der Waals surface area contributed by atoms with Crippen molar-refractivity contribution < 1.29 is 9.18 Å². The number of carbonyl (C=O) groups is 1. The van der Waals surface area contributed by atoms with Gasteiger partial charge in [-0.15, -0.1) is 0 Å². The van der Waals surface area contributed by atoms with Crippen LogP contribution in [0.25, 0.3) is 0 Å². The SMILES string of the molecule is O=C(C1CCC1)N1CCC[C@@H](c2cccc(Cc3ccc(F)cc3)n2)C1. The lowest BCUT2D eigenvalue weighted by atomic mass is 9.83. The molecule has 1 aromatic carbocycles. The predicted molar refractivity (Wildman–Crippen MR) is 99.3 cm³/mol. The van der Waals surface area contributed by atoms with Gasteiger partial charge in [0.05, 0.1) is 0 Å². The van der Waals surface area contributed by atoms with Gasteiger partial charge in [-0.2, -0.15) is 0 Å². The summed E-state index contributed by atoms with van der Waals surface area (Å²) < 4.78 is 13.1. The third-order valence-electron chi connectivity index (χ3n) is 5.73. The van der Waals surface area contributed by atoms with Crippen LogP contribution in [0.3, 0.4) is 0 Å². The van der Waals surface area contributed by atoms with Gasteiger partial charge >= 0.3 is 0 Å². The Hall–Kier alpha value is -2.23. The number of carbonyl (C=O) groups excluding carboxylic acids is 1. The van der Waals surface area contributed by atoms with Crippen LogP contribution in [0.15, 0.2) is 42.5 Å². The molecule has 0 radical (unpaired) electrons. The molecule has 1 aromatic heterocycles. The van der Waals surface area contributed by atoms with Crippen LogP contribution in [0, 0.1) is 11.7 Å². The summed E-state index contributed by atoms with van der Waals surface area (Å²) in [5.41, 5.74) is 3.13. The number of nitrogens with zero attached hydrogens (tertiary/aromatic N) is 2. The molecule has 1 amide bonds. The van der Waals surface area contributed by atoms with Gasteiger partial charge in [0, 0.05) is 42.7 Å². The molecule has 4 rings (SSSR count). The Bertz CT molecular complexity index is 770. The van der Waals surface area contributed by atoms with Gasteiger partial charge in [-0.05, 0) is 55.5 Å². The fraction of sp³-hybridized carbons (Fsp3) is 0.455. The highest BCUT2D eigenvalue weighted by Crippen LogP contribution is 2.32. The van der Waals surface area contributed by atoms with Crippen molar-refractivity contribution in [2.45, 2.75) is 44.4 Å². The summed E-state index contributed by atoms with van der Waals surface area (Å²) in [6.45, 7) is 1.68. The van der Waals surface area contributed by atoms with E-state index in [1.807, 2.05) is 24.3 Å². The summed E-state index contributed by atoms with van der Waals surface area (Å²) in [5, 5.41) is 0. The molecule has 0 spiro atoms. The standard InChI is InChI=1S/C22H25FN2O/c23-19-11-9-16(10-12-19)14-20-7-2-8-21(24-20)18-6-3-13-25(15-18)22(26)17-4-1-5-17/h2,7-12,17-18H,1,3-6,13-15H2/t18-/m1/s1. The molecule has 1 saturated carbocycles. The average Bonchev–Trinajstić information content (AvgIpc) is 2.63. The molecule has 4 heteroatoms. The zero-order valence-corrected chi connectivity index (χ0v) is 15.0. The van der Waals surface area contributed by atoms with Crippen LogP contribution in [0.2, 0.25) is 0 Å². The van der Waals surface area contributed by atoms with E-state index in [4.69, 9.17) is 4.98 Å². The summed E-state index contributed by atoms with van der Waals surface area (Å²) in [6, 6.07) is 12.7. The van der Waals surface area contributed by atoms with Crippen molar-refractivity contribution in [1.29, 1.82) is 0 Å². The third kappa shape index (κ3) is 3.79. The third-order valence-corrected chi connectivity index (χ3v) is 5.73. The molecule has 0 unspecified atom stereocenters. The molecule has 2 heterocycles. The highest BCUT2D eigenvalue weighted by Gasteiger charge is 2.32. The highest BCUT2D eigenvalue weighted by atomic mass is 19.1. The van der Waals surface area contributed by atoms with Gasteiger partial charge in [0.25, 0.3) is 0 Å². The molecule has 2 fully saturated rings. The molecule has 1 aliphatic carbocycles. The number of hydrogen-bond donors (Lipinski definition) is 0. The summed E-state index contributed by atoms with van der Waals surface area (Å²) in [4.78, 5) is 19.5. The van der Waals surface area contributed by atoms with E-state index in [1.54, 1.807) is 0 Å². The molecule has 1 aliphatic heterocycles. The van der Waals surface area contributed by atoms with E-state index in [2.05, 4.69) is 11.0 Å². The van der Waals surface area contributed by atoms with E-state index in [1.165, 1.54) is 18.6 Å². The fourth-order valence-corrected chi connectivity index (χ4v) is 3.97. The molecule has 136 valence electrons. The first kappa shape index (κ1) is 17.2. The summed E-state index contributed by atoms with van der Waals surface area (Å²) in [5.74, 6) is 0.727. The number of aromatic nitrogens is 1. The fourth-order valence-electron chi connectivity index (χ4n) is 3.97. The minimum Gasteiger partial charge on any atom is -0.342 e. The Morgan fingerprint density at radius 3 is 2.62 bits per heavy atom. The second kappa shape index (κ2) is 7.56. The maximum absolute atomic E-state index is 13.1. The maximum atomic E-state index is 13.1. The zero-order valence-electron chi connectivity index (χ0n) is 15.0. The monoisotopic (exact) mass is 352 g/mol. The number of likely N-dealkylation sites (tertiary alicyclic amines) is 1. The largest absolute Gasteiger partial charge is 0.342 e. The number of pyridine rings is 1. The number of benzene rings is 1. The molecule has 1 atom stereocenters. The van der Waals surface area contributed by atoms with Crippen molar-refractivity contribution in [3.05, 3.63) is 65.2 Å². The zero-order chi connectivity index (χ0) is 17.9. The number of hydrogen-bond acceptors (Lipinski definition) is 2. The number of halogens is 1. The van der Waals surface area contributed by atoms with Crippen molar-refractivity contribution in [2.75, 3.05) is 13.1 Å². The van der Waals surface area contributed by atoms with Gasteiger partial charge < -0.3 is 4.90 Å². The molecular formula is C22H25FN2O. The van der Waals surface area contributed by atoms with Crippen molar-refractivity contribution in [3.8, 4) is 0 Å². The van der Waals surface area contributed by atoms with E-state index in [-0.39, 0.29) is 11.7 Å². The Labute approximate surface area is 154 Å². The highest BCUT2D eigenvalue weighted by molar-refractivity contribution is 5.79. The first-order valence-electron chi connectivity index (χ1n) is 9.68. The van der Waals surface area contributed by atoms with Crippen LogP contribution in [0.1, 0.15) is 55.0 Å². The lowest BCUT2D eigenvalue weighted by molar-refractivity contribution is -0.139. The van der Waals surface area contributed by atoms with Gasteiger partial charge in [-0.1, -0.05) is 24.6 Å². The van der Waals surface area contributed by atoms with Crippen LogP contribution >= 0.6 is 0 Å². The quantitative estimate of drug-likeness (QED) is 0.821. The Morgan fingerprint density at radius 1 is 1.08 bits per heavy atom. The van der Waals surface area contributed by atoms with Gasteiger partial charge in [-0.25, -0.2) is 4.39 Å². The first-order valence-corrected chi connectivity index (χ1v) is 9.68. The van der Waals surface area contributed by atoms with E-state index in [0.29, 0.717) is 18.2 Å². The summed E-state index contributed by atoms with van der Waals surface area (Å²) in [7, 11) is 0. The smallest absolute Gasteiger partial charge is 0.225 e. The molecule has 1 saturated heterocycles. The molecule has 2 aromatic rings. The van der Waals surface area contributed by atoms with Gasteiger partial charge in [0.2, 0.25) is 5.91 Å². The van der Waals surface area contributed by atoms with E-state index in [0.717, 1.165) is 55.7 Å². The second-order valence-electron chi connectivity index (χ2n) is 7.61. The van der Waals surface area contributed by atoms with Gasteiger partial charge in [-0.3, -0.25) is 9.78 Å². The molecule has 3 nitrogen and oxygen atoms in total. The maximum Gasteiger partial charge on any atom is 0.225 e. The van der Waals surface area contributed by atoms with Crippen LogP contribution in [-0.4, -0.2) is 28.9 Å². The lowest BCUT2D eigenvalue weighted by Gasteiger charge is -2.37. The Morgan fingerprint density at radius 2 is 1.88 bits per heavy atom. The van der Waals surface area contributed by atoms with Gasteiger partial charge in [0.15, 0.2) is 0 Å². The Balaban J connectivity index is 1.45. The second-order valence-corrected chi connectivity index (χ2v) is 7.61. The van der Waals surface area contributed by atoms with Crippen LogP contribution in [0.5, 0.6) is 0 Å². The van der Waals surface area contributed by atoms with Crippen LogP contribution in [0.4, 0.5) is 4.39 Å².